The summed E-state index contributed by atoms with van der Waals surface area (Å²) in [5.41, 5.74) is 4.91. The van der Waals surface area contributed by atoms with E-state index in [-0.39, 0.29) is 12.4 Å². The fraction of sp³-hybridized carbons (Fsp3) is 0.0909. The number of nitrogen functional groups attached to an aromatic ring is 1. The van der Waals surface area contributed by atoms with Crippen LogP contribution in [0.3, 0.4) is 0 Å². The van der Waals surface area contributed by atoms with E-state index in [2.05, 4.69) is 10.4 Å². The molecule has 100 valence electrons. The van der Waals surface area contributed by atoms with E-state index in [1.807, 2.05) is 0 Å². The molecular weight excluding hydrogens is 261 g/mol. The second-order valence-electron chi connectivity index (χ2n) is 3.73. The monoisotopic (exact) mass is 270 g/mol. The first kappa shape index (κ1) is 12.9. The highest BCUT2D eigenvalue weighted by atomic mass is 19.2. The van der Waals surface area contributed by atoms with Crippen molar-refractivity contribution in [2.45, 2.75) is 6.54 Å². The number of benzene rings is 1. The lowest BCUT2D eigenvalue weighted by Gasteiger charge is -2.07. The predicted molar refractivity (Wildman–Crippen MR) is 61.6 cm³/mol. The number of nitrogens with two attached hydrogens (primary N) is 1. The van der Waals surface area contributed by atoms with Crippen LogP contribution in [-0.4, -0.2) is 15.7 Å². The zero-order chi connectivity index (χ0) is 14.0. The molecule has 0 fully saturated rings. The predicted octanol–water partition coefficient (Wildman–Crippen LogP) is 1.52. The Labute approximate surface area is 105 Å². The van der Waals surface area contributed by atoms with Crippen LogP contribution in [0.15, 0.2) is 24.4 Å². The summed E-state index contributed by atoms with van der Waals surface area (Å²) in [6.45, 7) is -0.227. The molecule has 0 radical (unpaired) electrons. The molecule has 19 heavy (non-hydrogen) atoms. The minimum atomic E-state index is -1.32. The molecule has 0 aliphatic rings. The number of carbonyl (C=O) groups is 1. The molecule has 0 bridgehead atoms. The van der Waals surface area contributed by atoms with Crippen LogP contribution < -0.4 is 11.1 Å². The number of hydrogen-bond acceptors (Lipinski definition) is 3. The summed E-state index contributed by atoms with van der Waals surface area (Å²) in [6, 6.07) is 2.41. The highest BCUT2D eigenvalue weighted by Crippen LogP contribution is 2.18. The molecule has 5 nitrogen and oxygen atoms in total. The molecule has 0 unspecified atom stereocenters. The summed E-state index contributed by atoms with van der Waals surface area (Å²) in [7, 11) is 0. The second kappa shape index (κ2) is 5.01. The summed E-state index contributed by atoms with van der Waals surface area (Å²) in [4.78, 5) is 11.5. The van der Waals surface area contributed by atoms with Gasteiger partial charge in [-0.05, 0) is 6.07 Å². The van der Waals surface area contributed by atoms with Crippen molar-refractivity contribution >= 4 is 17.4 Å². The standard InChI is InChI=1S/C11H9F3N4O/c12-6-3-8(14)9(4-7(6)13)16-11(19)5-18-2-1-10(15)17-18/h1-4H,5H2,(H2,15,17)(H,16,19). The van der Waals surface area contributed by atoms with Crippen LogP contribution in [0, 0.1) is 17.5 Å². The van der Waals surface area contributed by atoms with Crippen LogP contribution in [-0.2, 0) is 11.3 Å². The molecule has 0 aliphatic heterocycles. The third kappa shape index (κ3) is 3.03. The van der Waals surface area contributed by atoms with Crippen molar-refractivity contribution < 1.29 is 18.0 Å². The van der Waals surface area contributed by atoms with Crippen LogP contribution in [0.5, 0.6) is 0 Å². The highest BCUT2D eigenvalue weighted by Gasteiger charge is 2.12. The lowest BCUT2D eigenvalue weighted by molar-refractivity contribution is -0.116. The van der Waals surface area contributed by atoms with Gasteiger partial charge >= 0.3 is 0 Å². The lowest BCUT2D eigenvalue weighted by Crippen LogP contribution is -2.20. The molecule has 1 aromatic heterocycles. The summed E-state index contributed by atoms with van der Waals surface area (Å²) >= 11 is 0. The SMILES string of the molecule is Nc1ccn(CC(=O)Nc2cc(F)c(F)cc2F)n1. The first-order valence-corrected chi connectivity index (χ1v) is 5.19. The molecule has 0 spiro atoms. The minimum absolute atomic E-state index is 0.227. The van der Waals surface area contributed by atoms with Gasteiger partial charge in [-0.15, -0.1) is 0 Å². The summed E-state index contributed by atoms with van der Waals surface area (Å²) < 4.78 is 40.1. The number of hydrogen-bond donors (Lipinski definition) is 2. The molecule has 0 saturated heterocycles. The number of nitrogens with zero attached hydrogens (tertiary/aromatic N) is 2. The first-order valence-electron chi connectivity index (χ1n) is 5.19. The molecular formula is C11H9F3N4O. The van der Waals surface area contributed by atoms with E-state index in [0.717, 1.165) is 0 Å². The fourth-order valence-corrected chi connectivity index (χ4v) is 1.42. The van der Waals surface area contributed by atoms with E-state index < -0.39 is 29.0 Å². The molecule has 1 heterocycles. The van der Waals surface area contributed by atoms with Gasteiger partial charge < -0.3 is 11.1 Å². The maximum Gasteiger partial charge on any atom is 0.246 e. The number of nitrogens with one attached hydrogen (secondary N) is 1. The van der Waals surface area contributed by atoms with E-state index in [4.69, 9.17) is 5.73 Å². The van der Waals surface area contributed by atoms with Crippen LogP contribution >= 0.6 is 0 Å². The van der Waals surface area contributed by atoms with E-state index in [1.54, 1.807) is 0 Å². The molecule has 0 atom stereocenters. The number of rotatable bonds is 3. The van der Waals surface area contributed by atoms with Gasteiger partial charge in [0.25, 0.3) is 0 Å². The van der Waals surface area contributed by atoms with Crippen molar-refractivity contribution in [3.63, 3.8) is 0 Å². The molecule has 3 N–H and O–H groups in total. The number of halogens is 3. The molecule has 2 rings (SSSR count). The summed E-state index contributed by atoms with van der Waals surface area (Å²) in [6.07, 6.45) is 1.45. The Kier molecular flexibility index (Phi) is 3.41. The van der Waals surface area contributed by atoms with Crippen molar-refractivity contribution in [3.05, 3.63) is 41.8 Å². The minimum Gasteiger partial charge on any atom is -0.382 e. The van der Waals surface area contributed by atoms with Gasteiger partial charge in [0.15, 0.2) is 11.6 Å². The van der Waals surface area contributed by atoms with Crippen molar-refractivity contribution in [2.75, 3.05) is 11.1 Å². The Morgan fingerprint density at radius 1 is 1.26 bits per heavy atom. The van der Waals surface area contributed by atoms with Gasteiger partial charge in [0.1, 0.15) is 18.2 Å². The summed E-state index contributed by atoms with van der Waals surface area (Å²) in [5, 5.41) is 5.87. The van der Waals surface area contributed by atoms with E-state index in [1.165, 1.54) is 16.9 Å². The third-order valence-corrected chi connectivity index (χ3v) is 2.25. The Hall–Kier alpha value is -2.51. The Morgan fingerprint density at radius 2 is 1.95 bits per heavy atom. The van der Waals surface area contributed by atoms with Gasteiger partial charge in [0.05, 0.1) is 5.69 Å². The van der Waals surface area contributed by atoms with Gasteiger partial charge in [-0.2, -0.15) is 5.10 Å². The van der Waals surface area contributed by atoms with Gasteiger partial charge in [0.2, 0.25) is 5.91 Å². The molecule has 0 aliphatic carbocycles. The van der Waals surface area contributed by atoms with E-state index >= 15 is 0 Å². The van der Waals surface area contributed by atoms with Crippen molar-refractivity contribution in [3.8, 4) is 0 Å². The van der Waals surface area contributed by atoms with E-state index in [9.17, 15) is 18.0 Å². The topological polar surface area (TPSA) is 72.9 Å². The molecule has 1 aromatic carbocycles. The zero-order valence-corrected chi connectivity index (χ0v) is 9.53. The molecule has 8 heteroatoms. The summed E-state index contributed by atoms with van der Waals surface area (Å²) in [5.74, 6) is -4.05. The number of carbonyl (C=O) groups excluding carboxylic acids is 1. The molecule has 0 saturated carbocycles. The van der Waals surface area contributed by atoms with Crippen molar-refractivity contribution in [1.29, 1.82) is 0 Å². The third-order valence-electron chi connectivity index (χ3n) is 2.25. The van der Waals surface area contributed by atoms with Gasteiger partial charge in [0, 0.05) is 18.3 Å². The maximum absolute atomic E-state index is 13.3. The number of aromatic nitrogens is 2. The average molecular weight is 270 g/mol. The van der Waals surface area contributed by atoms with Crippen molar-refractivity contribution in [2.24, 2.45) is 0 Å². The molecule has 2 aromatic rings. The maximum atomic E-state index is 13.3. The van der Waals surface area contributed by atoms with E-state index in [0.29, 0.717) is 12.1 Å². The largest absolute Gasteiger partial charge is 0.382 e. The quantitative estimate of drug-likeness (QED) is 0.830. The van der Waals surface area contributed by atoms with Crippen molar-refractivity contribution in [1.82, 2.24) is 9.78 Å². The number of anilines is 2. The Morgan fingerprint density at radius 3 is 2.58 bits per heavy atom. The highest BCUT2D eigenvalue weighted by molar-refractivity contribution is 5.90. The van der Waals surface area contributed by atoms with Crippen LogP contribution in [0.25, 0.3) is 0 Å². The average Bonchev–Trinajstić information content (AvgIpc) is 2.71. The van der Waals surface area contributed by atoms with Gasteiger partial charge in [-0.25, -0.2) is 13.2 Å². The molecule has 1 amide bonds. The zero-order valence-electron chi connectivity index (χ0n) is 9.53. The Bertz CT molecular complexity index is 626. The van der Waals surface area contributed by atoms with Crippen LogP contribution in [0.4, 0.5) is 24.7 Å². The van der Waals surface area contributed by atoms with Gasteiger partial charge in [-0.3, -0.25) is 9.48 Å². The lowest BCUT2D eigenvalue weighted by atomic mass is 10.3. The van der Waals surface area contributed by atoms with Gasteiger partial charge in [-0.1, -0.05) is 0 Å². The smallest absolute Gasteiger partial charge is 0.246 e. The second-order valence-corrected chi connectivity index (χ2v) is 3.73. The first-order chi connectivity index (χ1) is 8.95. The number of amides is 1. The fourth-order valence-electron chi connectivity index (χ4n) is 1.42. The van der Waals surface area contributed by atoms with Crippen LogP contribution in [0.2, 0.25) is 0 Å². The Balaban J connectivity index is 2.09. The normalized spacial score (nSPS) is 10.5. The van der Waals surface area contributed by atoms with Crippen LogP contribution in [0.1, 0.15) is 0 Å².